The van der Waals surface area contributed by atoms with Gasteiger partial charge in [-0.3, -0.25) is 19.0 Å². The van der Waals surface area contributed by atoms with E-state index in [4.69, 9.17) is 15.3 Å². The number of Topliss-reactive ketones (excluding diaryl/α,β-unsaturated/α-hetero) is 1. The Bertz CT molecular complexity index is 1330. The topological polar surface area (TPSA) is 195 Å². The molecule has 1 aromatic carbocycles. The van der Waals surface area contributed by atoms with Gasteiger partial charge in [-0.05, 0) is 18.1 Å². The Labute approximate surface area is 204 Å². The van der Waals surface area contributed by atoms with Crippen LogP contribution < -0.4 is 11.2 Å². The number of nitrogens with two attached hydrogens (primary N) is 1. The highest BCUT2D eigenvalue weighted by atomic mass is 16.6. The number of aromatic nitrogens is 4. The lowest BCUT2D eigenvalue weighted by atomic mass is 10.0. The van der Waals surface area contributed by atoms with Crippen LogP contribution in [0.1, 0.15) is 40.8 Å². The third kappa shape index (κ3) is 5.18. The molecule has 1 amide bonds. The second-order valence-electron chi connectivity index (χ2n) is 7.97. The molecule has 2 aromatic heterocycles. The first-order chi connectivity index (χ1) is 17.3. The molecule has 3 aromatic rings. The number of imidazole rings is 1. The smallest absolute Gasteiger partial charge is 0.217 e. The van der Waals surface area contributed by atoms with Crippen LogP contribution in [0.4, 0.5) is 5.82 Å². The van der Waals surface area contributed by atoms with Gasteiger partial charge in [0.25, 0.3) is 0 Å². The largest absolute Gasteiger partial charge is 0.394 e. The summed E-state index contributed by atoms with van der Waals surface area (Å²) in [6.07, 6.45) is -3.25. The number of ketones is 1. The predicted octanol–water partition coefficient (Wildman–Crippen LogP) is -0.741. The van der Waals surface area contributed by atoms with Crippen molar-refractivity contribution in [1.29, 1.82) is 0 Å². The van der Waals surface area contributed by atoms with Crippen molar-refractivity contribution in [1.82, 2.24) is 19.5 Å². The van der Waals surface area contributed by atoms with Crippen molar-refractivity contribution >= 4 is 28.7 Å². The summed E-state index contributed by atoms with van der Waals surface area (Å²) in [5.74, 6) is 5.33. The highest BCUT2D eigenvalue weighted by Gasteiger charge is 2.44. The molecule has 188 valence electrons. The van der Waals surface area contributed by atoms with E-state index in [1.54, 1.807) is 24.3 Å². The molecule has 1 fully saturated rings. The number of carbonyl (C=O) groups is 2. The van der Waals surface area contributed by atoms with Gasteiger partial charge >= 0.3 is 0 Å². The zero-order valence-corrected chi connectivity index (χ0v) is 19.2. The Morgan fingerprint density at radius 2 is 1.92 bits per heavy atom. The predicted molar refractivity (Wildman–Crippen MR) is 124 cm³/mol. The van der Waals surface area contributed by atoms with E-state index >= 15 is 0 Å². The number of amides is 1. The van der Waals surface area contributed by atoms with Crippen LogP contribution >= 0.6 is 0 Å². The lowest BCUT2D eigenvalue weighted by molar-refractivity contribution is -0.118. The van der Waals surface area contributed by atoms with Crippen molar-refractivity contribution in [3.8, 4) is 11.8 Å². The van der Waals surface area contributed by atoms with E-state index in [1.807, 2.05) is 0 Å². The summed E-state index contributed by atoms with van der Waals surface area (Å²) in [6, 6.07) is 6.51. The van der Waals surface area contributed by atoms with Crippen molar-refractivity contribution in [3.05, 3.63) is 47.5 Å². The summed E-state index contributed by atoms with van der Waals surface area (Å²) in [5, 5.41) is 29.9. The van der Waals surface area contributed by atoms with E-state index in [2.05, 4.69) is 32.3 Å². The van der Waals surface area contributed by atoms with Crippen LogP contribution in [0.5, 0.6) is 0 Å². The standard InChI is InChI=1S/C23H24N6O7/c1-35-28-21-18-22(29(11-25-18)23-20(34)19(33)15(10-30)36-23)27-17(26-21)9-4-12-2-5-13(6-3-12)14(31)7-8-16(24)32/h2-3,5-6,11,15,19-20,23,30,33-34H,7-8,10H2,1H3,(H2,24,32)(H,26,27,28)/t15-,19-,20-,23-/m1/s1. The average molecular weight is 496 g/mol. The number of carbonyl (C=O) groups excluding carboxylic acids is 2. The van der Waals surface area contributed by atoms with Crippen molar-refractivity contribution < 1.29 is 34.5 Å². The molecule has 0 radical (unpaired) electrons. The van der Waals surface area contributed by atoms with Crippen LogP contribution in [0.25, 0.3) is 11.2 Å². The summed E-state index contributed by atoms with van der Waals surface area (Å²) in [7, 11) is 1.40. The molecular weight excluding hydrogens is 472 g/mol. The van der Waals surface area contributed by atoms with Gasteiger partial charge in [0, 0.05) is 24.0 Å². The van der Waals surface area contributed by atoms with Crippen LogP contribution in [0.3, 0.4) is 0 Å². The first-order valence-corrected chi connectivity index (χ1v) is 10.9. The Morgan fingerprint density at radius 3 is 2.56 bits per heavy atom. The van der Waals surface area contributed by atoms with Crippen LogP contribution in [0, 0.1) is 11.8 Å². The molecule has 0 spiro atoms. The number of rotatable bonds is 8. The highest BCUT2D eigenvalue weighted by Crippen LogP contribution is 2.32. The number of fused-ring (bicyclic) bond motifs is 1. The number of primary amides is 1. The molecule has 0 aliphatic carbocycles. The van der Waals surface area contributed by atoms with Gasteiger partial charge in [-0.2, -0.15) is 4.98 Å². The molecule has 3 heterocycles. The number of aliphatic hydroxyl groups excluding tert-OH is 3. The number of hydrogen-bond donors (Lipinski definition) is 5. The van der Waals surface area contributed by atoms with E-state index in [-0.39, 0.29) is 35.9 Å². The molecule has 1 saturated heterocycles. The number of hydrogen-bond acceptors (Lipinski definition) is 11. The van der Waals surface area contributed by atoms with E-state index in [0.29, 0.717) is 16.6 Å². The van der Waals surface area contributed by atoms with Crippen LogP contribution in [-0.4, -0.2) is 78.6 Å². The van der Waals surface area contributed by atoms with Crippen molar-refractivity contribution in [2.45, 2.75) is 37.4 Å². The molecule has 0 bridgehead atoms. The number of nitrogens with zero attached hydrogens (tertiary/aromatic N) is 4. The Hall–Kier alpha value is -3.93. The van der Waals surface area contributed by atoms with Gasteiger partial charge in [0.05, 0.1) is 20.0 Å². The average Bonchev–Trinajstić information content (AvgIpc) is 3.42. The third-order valence-electron chi connectivity index (χ3n) is 5.54. The third-order valence-corrected chi connectivity index (χ3v) is 5.54. The maximum absolute atomic E-state index is 12.1. The Kier molecular flexibility index (Phi) is 7.53. The summed E-state index contributed by atoms with van der Waals surface area (Å²) in [6.45, 7) is -0.473. The summed E-state index contributed by atoms with van der Waals surface area (Å²) in [5.41, 5.74) is 9.28. The van der Waals surface area contributed by atoms with E-state index in [1.165, 1.54) is 18.0 Å². The van der Waals surface area contributed by atoms with Gasteiger partial charge in [-0.25, -0.2) is 15.4 Å². The number of ether oxygens (including phenoxy) is 1. The second kappa shape index (κ2) is 10.8. The lowest BCUT2D eigenvalue weighted by Crippen LogP contribution is -2.33. The minimum absolute atomic E-state index is 0.0167. The quantitative estimate of drug-likeness (QED) is 0.150. The minimum atomic E-state index is -1.33. The molecule has 4 rings (SSSR count). The fourth-order valence-electron chi connectivity index (χ4n) is 3.68. The first-order valence-electron chi connectivity index (χ1n) is 10.9. The van der Waals surface area contributed by atoms with Gasteiger partial charge < -0.3 is 25.8 Å². The molecule has 13 heteroatoms. The summed E-state index contributed by atoms with van der Waals surface area (Å²) in [4.78, 5) is 41.0. The van der Waals surface area contributed by atoms with Gasteiger partial charge in [0.1, 0.15) is 18.3 Å². The van der Waals surface area contributed by atoms with Gasteiger partial charge in [-0.1, -0.05) is 18.1 Å². The van der Waals surface area contributed by atoms with Crippen LogP contribution in [0.2, 0.25) is 0 Å². The number of benzene rings is 1. The van der Waals surface area contributed by atoms with Crippen molar-refractivity contribution in [2.75, 3.05) is 19.2 Å². The zero-order valence-electron chi connectivity index (χ0n) is 19.2. The first kappa shape index (κ1) is 25.2. The monoisotopic (exact) mass is 496 g/mol. The Morgan fingerprint density at radius 1 is 1.17 bits per heavy atom. The maximum atomic E-state index is 12.1. The lowest BCUT2D eigenvalue weighted by Gasteiger charge is -2.16. The Balaban J connectivity index is 1.63. The van der Waals surface area contributed by atoms with Crippen LogP contribution in [-0.2, 0) is 14.4 Å². The number of nitrogens with one attached hydrogen (secondary N) is 1. The zero-order chi connectivity index (χ0) is 25.8. The molecule has 0 saturated carbocycles. The molecule has 13 nitrogen and oxygen atoms in total. The van der Waals surface area contributed by atoms with Crippen LogP contribution in [0.15, 0.2) is 30.6 Å². The van der Waals surface area contributed by atoms with Gasteiger partial charge in [-0.15, -0.1) is 0 Å². The molecular formula is C23H24N6O7. The van der Waals surface area contributed by atoms with E-state index in [0.717, 1.165) is 0 Å². The molecule has 4 atom stereocenters. The van der Waals surface area contributed by atoms with Crippen molar-refractivity contribution in [2.24, 2.45) is 5.73 Å². The van der Waals surface area contributed by atoms with Crippen molar-refractivity contribution in [3.63, 3.8) is 0 Å². The summed E-state index contributed by atoms with van der Waals surface area (Å²) >= 11 is 0. The number of aliphatic hydroxyl groups is 3. The molecule has 1 aliphatic heterocycles. The molecule has 6 N–H and O–H groups in total. The highest BCUT2D eigenvalue weighted by molar-refractivity contribution is 5.97. The molecule has 0 unspecified atom stereocenters. The van der Waals surface area contributed by atoms with E-state index in [9.17, 15) is 24.9 Å². The molecule has 36 heavy (non-hydrogen) atoms. The second-order valence-corrected chi connectivity index (χ2v) is 7.97. The normalized spacial score (nSPS) is 21.2. The fraction of sp³-hybridized carbons (Fsp3) is 0.348. The van der Waals surface area contributed by atoms with E-state index < -0.39 is 37.1 Å². The SMILES string of the molecule is CONc1nc(C#Cc2ccc(C(=O)CCC(N)=O)cc2)nc2c1ncn2[C@@H]1O[C@H](CO)[C@@H](O)[C@H]1O. The number of anilines is 1. The maximum Gasteiger partial charge on any atom is 0.217 e. The fourth-order valence-corrected chi connectivity index (χ4v) is 3.68. The van der Waals surface area contributed by atoms with Gasteiger partial charge in [0.15, 0.2) is 29.0 Å². The summed E-state index contributed by atoms with van der Waals surface area (Å²) < 4.78 is 7.00. The minimum Gasteiger partial charge on any atom is -0.394 e. The molecule has 1 aliphatic rings. The van der Waals surface area contributed by atoms with Gasteiger partial charge in [0.2, 0.25) is 11.7 Å².